The van der Waals surface area contributed by atoms with Crippen LogP contribution in [-0.2, 0) is 11.2 Å². The molecule has 0 aliphatic carbocycles. The Hall–Kier alpha value is -2.08. The number of carbonyl (C=O) groups excluding carboxylic acids is 1. The lowest BCUT2D eigenvalue weighted by Gasteiger charge is -2.17. The van der Waals surface area contributed by atoms with E-state index in [2.05, 4.69) is 43.1 Å². The number of carbonyl (C=O) groups is 1. The summed E-state index contributed by atoms with van der Waals surface area (Å²) in [6.07, 6.45) is 4.36. The minimum Gasteiger partial charge on any atom is -0.449 e. The summed E-state index contributed by atoms with van der Waals surface area (Å²) in [6.45, 7) is 8.87. The van der Waals surface area contributed by atoms with Gasteiger partial charge >= 0.3 is 6.01 Å². The van der Waals surface area contributed by atoms with Crippen LogP contribution in [0.25, 0.3) is 5.69 Å². The van der Waals surface area contributed by atoms with Crippen LogP contribution in [0.1, 0.15) is 52.5 Å². The molecule has 0 saturated heterocycles. The van der Waals surface area contributed by atoms with E-state index < -0.39 is 6.10 Å². The van der Waals surface area contributed by atoms with Crippen LogP contribution in [0.5, 0.6) is 6.01 Å². The molecule has 1 atom stereocenters. The number of hydrogen-bond acceptors (Lipinski definition) is 4. The van der Waals surface area contributed by atoms with Gasteiger partial charge in [0.15, 0.2) is 6.10 Å². The first-order valence-corrected chi connectivity index (χ1v) is 9.97. The molecule has 0 fully saturated rings. The van der Waals surface area contributed by atoms with Gasteiger partial charge in [0.1, 0.15) is 6.33 Å². The van der Waals surface area contributed by atoms with Gasteiger partial charge in [0.2, 0.25) is 0 Å². The van der Waals surface area contributed by atoms with Crippen molar-refractivity contribution in [3.63, 3.8) is 0 Å². The summed E-state index contributed by atoms with van der Waals surface area (Å²) in [6, 6.07) is 5.95. The molecule has 1 unspecified atom stereocenters. The first-order chi connectivity index (χ1) is 12.9. The van der Waals surface area contributed by atoms with Crippen molar-refractivity contribution < 1.29 is 9.53 Å². The number of nitrogens with zero attached hydrogens (tertiary/aromatic N) is 3. The van der Waals surface area contributed by atoms with E-state index in [9.17, 15) is 4.79 Å². The van der Waals surface area contributed by atoms with Crippen LogP contribution in [0, 0.1) is 5.92 Å². The monoisotopic (exact) mass is 392 g/mol. The largest absolute Gasteiger partial charge is 0.449 e. The fraction of sp³-hybridized carbons (Fsp3) is 0.550. The maximum absolute atomic E-state index is 12.4. The summed E-state index contributed by atoms with van der Waals surface area (Å²) in [5.41, 5.74) is 1.88. The zero-order chi connectivity index (χ0) is 19.8. The van der Waals surface area contributed by atoms with Crippen molar-refractivity contribution >= 4 is 17.5 Å². The second-order valence-electron chi connectivity index (χ2n) is 6.99. The van der Waals surface area contributed by atoms with Crippen LogP contribution in [0.4, 0.5) is 0 Å². The van der Waals surface area contributed by atoms with Gasteiger partial charge in [-0.3, -0.25) is 4.79 Å². The lowest BCUT2D eigenvalue weighted by atomic mass is 10.1. The fourth-order valence-corrected chi connectivity index (χ4v) is 2.88. The Balaban J connectivity index is 2.10. The Morgan fingerprint density at radius 2 is 2.11 bits per heavy atom. The molecule has 0 aliphatic heterocycles. The van der Waals surface area contributed by atoms with Crippen molar-refractivity contribution in [3.05, 3.63) is 35.1 Å². The second kappa shape index (κ2) is 10.3. The minimum atomic E-state index is -0.592. The molecule has 1 aromatic carbocycles. The molecule has 2 aromatic rings. The van der Waals surface area contributed by atoms with E-state index in [-0.39, 0.29) is 11.9 Å². The van der Waals surface area contributed by atoms with Gasteiger partial charge in [-0.2, -0.15) is 4.98 Å². The first-order valence-electron chi connectivity index (χ1n) is 9.59. The average Bonchev–Trinajstić information content (AvgIpc) is 3.11. The Labute approximate surface area is 166 Å². The molecule has 0 aliphatic rings. The van der Waals surface area contributed by atoms with Gasteiger partial charge in [-0.05, 0) is 42.9 Å². The fourth-order valence-electron chi connectivity index (χ4n) is 2.57. The van der Waals surface area contributed by atoms with Crippen molar-refractivity contribution in [2.75, 3.05) is 6.54 Å². The summed E-state index contributed by atoms with van der Waals surface area (Å²) in [5, 5.41) is 7.97. The molecule has 1 N–H and O–H groups in total. The molecular weight excluding hydrogens is 364 g/mol. The molecule has 2 rings (SSSR count). The van der Waals surface area contributed by atoms with Crippen molar-refractivity contribution in [2.24, 2.45) is 5.92 Å². The maximum Gasteiger partial charge on any atom is 0.336 e. The SMILES string of the molecule is CCCCC(Oc1ncn(-c2ccc(CC)c(Cl)c2)n1)C(=O)NCC(C)C. The molecule has 1 amide bonds. The number of unbranched alkanes of at least 4 members (excludes halogenated alkanes) is 1. The number of amides is 1. The molecule has 148 valence electrons. The number of ether oxygens (including phenoxy) is 1. The predicted octanol–water partition coefficient (Wildman–Crippen LogP) is 4.19. The Morgan fingerprint density at radius 3 is 2.74 bits per heavy atom. The molecule has 0 spiro atoms. The predicted molar refractivity (Wildman–Crippen MR) is 108 cm³/mol. The maximum atomic E-state index is 12.4. The third kappa shape index (κ3) is 6.24. The van der Waals surface area contributed by atoms with Crippen LogP contribution in [-0.4, -0.2) is 33.3 Å². The highest BCUT2D eigenvalue weighted by molar-refractivity contribution is 6.31. The van der Waals surface area contributed by atoms with Crippen LogP contribution < -0.4 is 10.1 Å². The van der Waals surface area contributed by atoms with Gasteiger partial charge in [0.05, 0.1) is 5.69 Å². The molecule has 1 aromatic heterocycles. The highest BCUT2D eigenvalue weighted by atomic mass is 35.5. The number of nitrogens with one attached hydrogen (secondary N) is 1. The Bertz CT molecular complexity index is 745. The van der Waals surface area contributed by atoms with Crippen molar-refractivity contribution in [1.29, 1.82) is 0 Å². The van der Waals surface area contributed by atoms with Gasteiger partial charge < -0.3 is 10.1 Å². The van der Waals surface area contributed by atoms with Crippen LogP contribution in [0.15, 0.2) is 24.5 Å². The number of rotatable bonds is 10. The molecule has 0 saturated carbocycles. The van der Waals surface area contributed by atoms with Gasteiger partial charge in [-0.1, -0.05) is 51.8 Å². The van der Waals surface area contributed by atoms with E-state index in [1.807, 2.05) is 18.2 Å². The highest BCUT2D eigenvalue weighted by Gasteiger charge is 2.22. The molecular formula is C20H29ClN4O2. The van der Waals surface area contributed by atoms with E-state index >= 15 is 0 Å². The van der Waals surface area contributed by atoms with E-state index in [1.54, 1.807) is 11.0 Å². The lowest BCUT2D eigenvalue weighted by molar-refractivity contribution is -0.128. The first kappa shape index (κ1) is 21.2. The summed E-state index contributed by atoms with van der Waals surface area (Å²) in [7, 11) is 0. The van der Waals surface area contributed by atoms with Gasteiger partial charge in [-0.15, -0.1) is 5.10 Å². The summed E-state index contributed by atoms with van der Waals surface area (Å²) in [5.74, 6) is 0.262. The van der Waals surface area contributed by atoms with Crippen LogP contribution in [0.3, 0.4) is 0 Å². The number of benzene rings is 1. The third-order valence-electron chi connectivity index (χ3n) is 4.20. The third-order valence-corrected chi connectivity index (χ3v) is 4.55. The highest BCUT2D eigenvalue weighted by Crippen LogP contribution is 2.21. The van der Waals surface area contributed by atoms with E-state index in [0.717, 1.165) is 30.5 Å². The van der Waals surface area contributed by atoms with Gasteiger partial charge in [-0.25, -0.2) is 4.68 Å². The topological polar surface area (TPSA) is 69.0 Å². The number of aryl methyl sites for hydroxylation is 1. The van der Waals surface area contributed by atoms with Crippen molar-refractivity contribution in [3.8, 4) is 11.7 Å². The van der Waals surface area contributed by atoms with E-state index in [4.69, 9.17) is 16.3 Å². The Kier molecular flexibility index (Phi) is 8.10. The molecule has 27 heavy (non-hydrogen) atoms. The summed E-state index contributed by atoms with van der Waals surface area (Å²) >= 11 is 6.28. The number of halogens is 1. The lowest BCUT2D eigenvalue weighted by Crippen LogP contribution is -2.40. The number of aromatic nitrogens is 3. The molecule has 0 bridgehead atoms. The van der Waals surface area contributed by atoms with E-state index in [1.165, 1.54) is 0 Å². The quantitative estimate of drug-likeness (QED) is 0.658. The molecule has 0 radical (unpaired) electrons. The smallest absolute Gasteiger partial charge is 0.336 e. The Morgan fingerprint density at radius 1 is 1.33 bits per heavy atom. The van der Waals surface area contributed by atoms with E-state index in [0.29, 0.717) is 23.9 Å². The average molecular weight is 393 g/mol. The molecule has 6 nitrogen and oxygen atoms in total. The molecule has 1 heterocycles. The van der Waals surface area contributed by atoms with Crippen LogP contribution >= 0.6 is 11.6 Å². The number of hydrogen-bond donors (Lipinski definition) is 1. The van der Waals surface area contributed by atoms with Crippen LogP contribution in [0.2, 0.25) is 5.02 Å². The minimum absolute atomic E-state index is 0.121. The van der Waals surface area contributed by atoms with Gasteiger partial charge in [0, 0.05) is 11.6 Å². The standard InChI is InChI=1S/C20H29ClN4O2/c1-5-7-8-18(19(26)22-12-14(3)4)27-20-23-13-25(24-20)16-10-9-15(6-2)17(21)11-16/h9-11,13-14,18H,5-8,12H2,1-4H3,(H,22,26). The van der Waals surface area contributed by atoms with Crippen molar-refractivity contribution in [2.45, 2.75) is 59.5 Å². The van der Waals surface area contributed by atoms with Gasteiger partial charge in [0.25, 0.3) is 5.91 Å². The second-order valence-corrected chi connectivity index (χ2v) is 7.40. The zero-order valence-corrected chi connectivity index (χ0v) is 17.3. The zero-order valence-electron chi connectivity index (χ0n) is 16.5. The normalized spacial score (nSPS) is 12.2. The van der Waals surface area contributed by atoms with Crippen molar-refractivity contribution in [1.82, 2.24) is 20.1 Å². The summed E-state index contributed by atoms with van der Waals surface area (Å²) in [4.78, 5) is 16.6. The summed E-state index contributed by atoms with van der Waals surface area (Å²) < 4.78 is 7.40. The molecule has 7 heteroatoms.